The Bertz CT molecular complexity index is 330. The van der Waals surface area contributed by atoms with Crippen molar-refractivity contribution >= 4 is 11.7 Å². The van der Waals surface area contributed by atoms with E-state index in [1.165, 1.54) is 6.92 Å². The van der Waals surface area contributed by atoms with Crippen molar-refractivity contribution in [3.05, 3.63) is 18.0 Å². The third-order valence-electron chi connectivity index (χ3n) is 1.53. The molecule has 0 spiro atoms. The molecule has 0 aromatic carbocycles. The number of hydrogen-bond acceptors (Lipinski definition) is 3. The second-order valence-electron chi connectivity index (χ2n) is 2.76. The molecule has 70 valence electrons. The van der Waals surface area contributed by atoms with E-state index in [4.69, 9.17) is 0 Å². The van der Waals surface area contributed by atoms with Gasteiger partial charge in [0, 0.05) is 32.3 Å². The van der Waals surface area contributed by atoms with Gasteiger partial charge in [-0.15, -0.1) is 0 Å². The molecule has 0 radical (unpaired) electrons. The second-order valence-corrected chi connectivity index (χ2v) is 2.76. The molecule has 1 heterocycles. The zero-order chi connectivity index (χ0) is 9.84. The van der Waals surface area contributed by atoms with Crippen LogP contribution in [0.2, 0.25) is 0 Å². The van der Waals surface area contributed by atoms with Gasteiger partial charge in [0.25, 0.3) is 5.91 Å². The van der Waals surface area contributed by atoms with Crippen molar-refractivity contribution in [2.45, 2.75) is 13.5 Å². The number of carbonyl (C=O) groups excluding carboxylic acids is 2. The van der Waals surface area contributed by atoms with Crippen molar-refractivity contribution in [1.82, 2.24) is 15.1 Å². The van der Waals surface area contributed by atoms with E-state index in [1.54, 1.807) is 24.1 Å². The fourth-order valence-electron chi connectivity index (χ4n) is 0.870. The van der Waals surface area contributed by atoms with Crippen LogP contribution in [0, 0.1) is 0 Å². The Morgan fingerprint density at radius 2 is 2.31 bits per heavy atom. The molecule has 13 heavy (non-hydrogen) atoms. The third kappa shape index (κ3) is 2.70. The monoisotopic (exact) mass is 181 g/mol. The maximum atomic E-state index is 10.8. The summed E-state index contributed by atoms with van der Waals surface area (Å²) in [6, 6.07) is 0. The van der Waals surface area contributed by atoms with Gasteiger partial charge in [-0.25, -0.2) is 0 Å². The molecule has 0 saturated heterocycles. The van der Waals surface area contributed by atoms with E-state index in [9.17, 15) is 9.59 Å². The number of nitrogens with zero attached hydrogens (tertiary/aromatic N) is 2. The van der Waals surface area contributed by atoms with E-state index >= 15 is 0 Å². The van der Waals surface area contributed by atoms with Crippen LogP contribution in [0.5, 0.6) is 0 Å². The zero-order valence-electron chi connectivity index (χ0n) is 7.57. The largest absolute Gasteiger partial charge is 0.345 e. The number of carbonyl (C=O) groups is 2. The summed E-state index contributed by atoms with van der Waals surface area (Å²) in [4.78, 5) is 21.4. The van der Waals surface area contributed by atoms with Crippen molar-refractivity contribution in [2.24, 2.45) is 7.05 Å². The van der Waals surface area contributed by atoms with Crippen LogP contribution in [-0.2, 0) is 23.2 Å². The number of aryl methyl sites for hydroxylation is 1. The number of aromatic nitrogens is 2. The Kier molecular flexibility index (Phi) is 2.79. The molecular weight excluding hydrogens is 170 g/mol. The Balaban J connectivity index is 2.44. The molecule has 1 aromatic heterocycles. The summed E-state index contributed by atoms with van der Waals surface area (Å²) < 4.78 is 1.63. The highest BCUT2D eigenvalue weighted by molar-refractivity contribution is 6.35. The van der Waals surface area contributed by atoms with Gasteiger partial charge >= 0.3 is 0 Å². The van der Waals surface area contributed by atoms with Crippen molar-refractivity contribution in [3.63, 3.8) is 0 Å². The first-order chi connectivity index (χ1) is 6.09. The predicted molar refractivity (Wildman–Crippen MR) is 45.7 cm³/mol. The van der Waals surface area contributed by atoms with E-state index in [1.807, 2.05) is 0 Å². The van der Waals surface area contributed by atoms with Crippen LogP contribution in [-0.4, -0.2) is 21.5 Å². The number of hydrogen-bond donors (Lipinski definition) is 1. The molecule has 1 N–H and O–H groups in total. The second kappa shape index (κ2) is 3.84. The lowest BCUT2D eigenvalue weighted by molar-refractivity contribution is -0.136. The van der Waals surface area contributed by atoms with Gasteiger partial charge in [-0.3, -0.25) is 14.3 Å². The number of Topliss-reactive ketones (excluding diaryl/α,β-unsaturated/α-hetero) is 1. The number of amides is 1. The minimum Gasteiger partial charge on any atom is -0.345 e. The lowest BCUT2D eigenvalue weighted by Crippen LogP contribution is -2.28. The molecule has 0 aliphatic rings. The van der Waals surface area contributed by atoms with Crippen LogP contribution >= 0.6 is 0 Å². The van der Waals surface area contributed by atoms with Crippen molar-refractivity contribution in [1.29, 1.82) is 0 Å². The fraction of sp³-hybridized carbons (Fsp3) is 0.375. The van der Waals surface area contributed by atoms with Crippen LogP contribution in [0.4, 0.5) is 0 Å². The standard InChI is InChI=1S/C8H11N3O2/c1-6(12)8(13)9-3-7-4-10-11(2)5-7/h4-5H,3H2,1-2H3,(H,9,13). The Morgan fingerprint density at radius 3 is 2.77 bits per heavy atom. The fourth-order valence-corrected chi connectivity index (χ4v) is 0.870. The van der Waals surface area contributed by atoms with Crippen molar-refractivity contribution < 1.29 is 9.59 Å². The lowest BCUT2D eigenvalue weighted by atomic mass is 10.3. The van der Waals surface area contributed by atoms with E-state index in [-0.39, 0.29) is 0 Å². The predicted octanol–water partition coefficient (Wildman–Crippen LogP) is -0.375. The molecule has 0 bridgehead atoms. The minimum atomic E-state index is -0.566. The lowest BCUT2D eigenvalue weighted by Gasteiger charge is -1.98. The highest BCUT2D eigenvalue weighted by Gasteiger charge is 2.06. The van der Waals surface area contributed by atoms with E-state index in [0.717, 1.165) is 5.56 Å². The van der Waals surface area contributed by atoms with Crippen molar-refractivity contribution in [2.75, 3.05) is 0 Å². The highest BCUT2D eigenvalue weighted by Crippen LogP contribution is 1.94. The van der Waals surface area contributed by atoms with Crippen LogP contribution < -0.4 is 5.32 Å². The maximum absolute atomic E-state index is 10.8. The van der Waals surface area contributed by atoms with E-state index in [2.05, 4.69) is 10.4 Å². The molecule has 5 heteroatoms. The topological polar surface area (TPSA) is 64.0 Å². The van der Waals surface area contributed by atoms with Gasteiger partial charge in [-0.2, -0.15) is 5.10 Å². The maximum Gasteiger partial charge on any atom is 0.287 e. The molecule has 0 saturated carbocycles. The molecule has 1 rings (SSSR count). The first-order valence-corrected chi connectivity index (χ1v) is 3.86. The number of nitrogens with one attached hydrogen (secondary N) is 1. The number of rotatable bonds is 3. The average molecular weight is 181 g/mol. The SMILES string of the molecule is CC(=O)C(=O)NCc1cnn(C)c1. The molecular formula is C8H11N3O2. The molecule has 1 amide bonds. The summed E-state index contributed by atoms with van der Waals surface area (Å²) in [5.74, 6) is -1.05. The first kappa shape index (κ1) is 9.44. The van der Waals surface area contributed by atoms with Gasteiger partial charge in [-0.1, -0.05) is 0 Å². The summed E-state index contributed by atoms with van der Waals surface area (Å²) in [7, 11) is 1.79. The molecule has 0 aliphatic carbocycles. The Morgan fingerprint density at radius 1 is 1.62 bits per heavy atom. The number of ketones is 1. The Hall–Kier alpha value is -1.65. The van der Waals surface area contributed by atoms with Crippen LogP contribution in [0.15, 0.2) is 12.4 Å². The molecule has 0 fully saturated rings. The van der Waals surface area contributed by atoms with Gasteiger partial charge in [0.1, 0.15) is 0 Å². The summed E-state index contributed by atoms with van der Waals surface area (Å²) in [6.07, 6.45) is 3.42. The van der Waals surface area contributed by atoms with Crippen LogP contribution in [0.1, 0.15) is 12.5 Å². The van der Waals surface area contributed by atoms with Crippen LogP contribution in [0.3, 0.4) is 0 Å². The van der Waals surface area contributed by atoms with Gasteiger partial charge in [0.15, 0.2) is 0 Å². The minimum absolute atomic E-state index is 0.340. The van der Waals surface area contributed by atoms with Crippen molar-refractivity contribution in [3.8, 4) is 0 Å². The van der Waals surface area contributed by atoms with Gasteiger partial charge in [0.2, 0.25) is 5.78 Å². The first-order valence-electron chi connectivity index (χ1n) is 3.86. The van der Waals surface area contributed by atoms with E-state index < -0.39 is 11.7 Å². The summed E-state index contributed by atoms with van der Waals surface area (Å²) >= 11 is 0. The molecule has 0 unspecified atom stereocenters. The van der Waals surface area contributed by atoms with Gasteiger partial charge in [0.05, 0.1) is 6.20 Å². The van der Waals surface area contributed by atoms with Gasteiger partial charge in [-0.05, 0) is 0 Å². The third-order valence-corrected chi connectivity index (χ3v) is 1.53. The Labute approximate surface area is 75.7 Å². The normalized spacial score (nSPS) is 9.69. The molecule has 1 aromatic rings. The van der Waals surface area contributed by atoms with Gasteiger partial charge < -0.3 is 5.32 Å². The smallest absolute Gasteiger partial charge is 0.287 e. The quantitative estimate of drug-likeness (QED) is 0.647. The summed E-state index contributed by atoms with van der Waals surface area (Å²) in [6.45, 7) is 1.57. The van der Waals surface area contributed by atoms with E-state index in [0.29, 0.717) is 6.54 Å². The molecule has 0 atom stereocenters. The van der Waals surface area contributed by atoms with Crippen LogP contribution in [0.25, 0.3) is 0 Å². The summed E-state index contributed by atoms with van der Waals surface area (Å²) in [5.41, 5.74) is 0.872. The summed E-state index contributed by atoms with van der Waals surface area (Å²) in [5, 5.41) is 6.39. The average Bonchev–Trinajstić information content (AvgIpc) is 2.47. The molecule has 0 aliphatic heterocycles. The zero-order valence-corrected chi connectivity index (χ0v) is 7.57. The molecule has 5 nitrogen and oxygen atoms in total. The highest BCUT2D eigenvalue weighted by atomic mass is 16.2.